The second-order valence-electron chi connectivity index (χ2n) is 4.37. The summed E-state index contributed by atoms with van der Waals surface area (Å²) in [6, 6.07) is 19.2. The van der Waals surface area contributed by atoms with Crippen LogP contribution in [0.1, 0.15) is 18.5 Å². The highest BCUT2D eigenvalue weighted by atomic mass is 32.2. The van der Waals surface area contributed by atoms with Crippen LogP contribution in [0.2, 0.25) is 0 Å². The maximum atomic E-state index is 5.84. The van der Waals surface area contributed by atoms with Crippen molar-refractivity contribution >= 4 is 23.5 Å². The summed E-state index contributed by atoms with van der Waals surface area (Å²) in [7, 11) is 0. The molecule has 100 valence electrons. The van der Waals surface area contributed by atoms with Crippen molar-refractivity contribution in [2.45, 2.75) is 22.8 Å². The van der Waals surface area contributed by atoms with E-state index in [1.807, 2.05) is 30.4 Å². The Hall–Kier alpha value is -0.900. The number of rotatable bonds is 6. The molecule has 1 nitrogen and oxygen atoms in total. The van der Waals surface area contributed by atoms with E-state index in [9.17, 15) is 0 Å². The number of nitrogens with two attached hydrogens (primary N) is 1. The Balaban J connectivity index is 1.74. The lowest BCUT2D eigenvalue weighted by Gasteiger charge is -2.07. The summed E-state index contributed by atoms with van der Waals surface area (Å²) < 4.78 is 0. The van der Waals surface area contributed by atoms with Gasteiger partial charge < -0.3 is 5.73 Å². The smallest absolute Gasteiger partial charge is 0.0266 e. The lowest BCUT2D eigenvalue weighted by atomic mass is 10.1. The summed E-state index contributed by atoms with van der Waals surface area (Å²) in [5, 5.41) is 0. The Morgan fingerprint density at radius 1 is 0.842 bits per heavy atom. The van der Waals surface area contributed by atoms with Crippen molar-refractivity contribution in [2.24, 2.45) is 5.73 Å². The van der Waals surface area contributed by atoms with E-state index in [4.69, 9.17) is 5.73 Å². The van der Waals surface area contributed by atoms with Gasteiger partial charge in [-0.1, -0.05) is 30.3 Å². The summed E-state index contributed by atoms with van der Waals surface area (Å²) in [5.74, 6) is 2.25. The number of hydrogen-bond acceptors (Lipinski definition) is 3. The van der Waals surface area contributed by atoms with E-state index >= 15 is 0 Å². The molecule has 2 rings (SSSR count). The third-order valence-corrected chi connectivity index (χ3v) is 5.06. The third-order valence-electron chi connectivity index (χ3n) is 2.77. The highest BCUT2D eigenvalue weighted by Crippen LogP contribution is 2.23. The van der Waals surface area contributed by atoms with Crippen molar-refractivity contribution in [1.29, 1.82) is 0 Å². The molecule has 2 N–H and O–H groups in total. The summed E-state index contributed by atoms with van der Waals surface area (Å²) in [4.78, 5) is 2.66. The molecule has 0 fully saturated rings. The van der Waals surface area contributed by atoms with Gasteiger partial charge in [-0.15, -0.1) is 23.5 Å². The highest BCUT2D eigenvalue weighted by Gasteiger charge is 2.00. The van der Waals surface area contributed by atoms with Gasteiger partial charge in [-0.3, -0.25) is 0 Å². The largest absolute Gasteiger partial charge is 0.324 e. The monoisotopic (exact) mass is 289 g/mol. The van der Waals surface area contributed by atoms with E-state index in [0.717, 1.165) is 11.5 Å². The molecule has 0 aliphatic heterocycles. The van der Waals surface area contributed by atoms with Gasteiger partial charge in [0.1, 0.15) is 0 Å². The maximum absolute atomic E-state index is 5.84. The molecule has 0 spiro atoms. The fraction of sp³-hybridized carbons (Fsp3) is 0.250. The number of thioether (sulfide) groups is 2. The quantitative estimate of drug-likeness (QED) is 0.622. The molecule has 0 aliphatic carbocycles. The van der Waals surface area contributed by atoms with E-state index in [1.165, 1.54) is 15.4 Å². The predicted molar refractivity (Wildman–Crippen MR) is 86.9 cm³/mol. The highest BCUT2D eigenvalue weighted by molar-refractivity contribution is 8.03. The van der Waals surface area contributed by atoms with Gasteiger partial charge in [-0.2, -0.15) is 0 Å². The first kappa shape index (κ1) is 14.5. The Morgan fingerprint density at radius 2 is 1.37 bits per heavy atom. The first-order chi connectivity index (χ1) is 9.25. The Labute approximate surface area is 124 Å². The van der Waals surface area contributed by atoms with Crippen LogP contribution in [0, 0.1) is 0 Å². The fourth-order valence-corrected chi connectivity index (χ4v) is 3.52. The molecule has 2 aromatic rings. The molecule has 2 aromatic carbocycles. The van der Waals surface area contributed by atoms with E-state index in [2.05, 4.69) is 54.6 Å². The number of benzene rings is 2. The van der Waals surface area contributed by atoms with Crippen molar-refractivity contribution in [3.8, 4) is 0 Å². The average Bonchev–Trinajstić information content (AvgIpc) is 2.45. The molecule has 0 saturated carbocycles. The standard InChI is InChI=1S/C16H19NS2/c1-13(17)14-7-9-16(10-8-14)19-12-11-18-15-5-3-2-4-6-15/h2-10,13H,11-12,17H2,1H3. The van der Waals surface area contributed by atoms with Crippen LogP contribution in [0.3, 0.4) is 0 Å². The van der Waals surface area contributed by atoms with Crippen molar-refractivity contribution in [3.63, 3.8) is 0 Å². The average molecular weight is 289 g/mol. The zero-order valence-electron chi connectivity index (χ0n) is 11.1. The predicted octanol–water partition coefficient (Wildman–Crippen LogP) is 4.59. The lowest BCUT2D eigenvalue weighted by Crippen LogP contribution is -2.04. The van der Waals surface area contributed by atoms with Gasteiger partial charge in [-0.05, 0) is 36.8 Å². The maximum Gasteiger partial charge on any atom is 0.0266 e. The zero-order chi connectivity index (χ0) is 13.5. The first-order valence-electron chi connectivity index (χ1n) is 6.42. The molecule has 0 aliphatic rings. The summed E-state index contributed by atoms with van der Waals surface area (Å²) in [6.45, 7) is 2.01. The van der Waals surface area contributed by atoms with E-state index < -0.39 is 0 Å². The molecular weight excluding hydrogens is 270 g/mol. The minimum Gasteiger partial charge on any atom is -0.324 e. The summed E-state index contributed by atoms with van der Waals surface area (Å²) in [6.07, 6.45) is 0. The zero-order valence-corrected chi connectivity index (χ0v) is 12.7. The lowest BCUT2D eigenvalue weighted by molar-refractivity contribution is 0.817. The summed E-state index contributed by atoms with van der Waals surface area (Å²) >= 11 is 3.81. The van der Waals surface area contributed by atoms with Gasteiger partial charge in [0.15, 0.2) is 0 Å². The van der Waals surface area contributed by atoms with Crippen LogP contribution >= 0.6 is 23.5 Å². The van der Waals surface area contributed by atoms with E-state index in [1.54, 1.807) is 0 Å². The van der Waals surface area contributed by atoms with Gasteiger partial charge in [0.2, 0.25) is 0 Å². The Bertz CT molecular complexity index is 480. The molecule has 3 heteroatoms. The molecular formula is C16H19NS2. The van der Waals surface area contributed by atoms with Gasteiger partial charge in [-0.25, -0.2) is 0 Å². The van der Waals surface area contributed by atoms with E-state index in [0.29, 0.717) is 0 Å². The van der Waals surface area contributed by atoms with Gasteiger partial charge in [0, 0.05) is 27.3 Å². The minimum absolute atomic E-state index is 0.118. The van der Waals surface area contributed by atoms with Crippen LogP contribution < -0.4 is 5.73 Å². The molecule has 0 bridgehead atoms. The molecule has 0 aromatic heterocycles. The number of hydrogen-bond donors (Lipinski definition) is 1. The van der Waals surface area contributed by atoms with Crippen molar-refractivity contribution < 1.29 is 0 Å². The van der Waals surface area contributed by atoms with Crippen molar-refractivity contribution in [3.05, 3.63) is 60.2 Å². The molecule has 0 radical (unpaired) electrons. The molecule has 0 heterocycles. The second-order valence-corrected chi connectivity index (χ2v) is 6.70. The fourth-order valence-electron chi connectivity index (χ4n) is 1.70. The minimum atomic E-state index is 0.118. The van der Waals surface area contributed by atoms with E-state index in [-0.39, 0.29) is 6.04 Å². The van der Waals surface area contributed by atoms with Crippen LogP contribution in [0.25, 0.3) is 0 Å². The van der Waals surface area contributed by atoms with Gasteiger partial charge in [0.05, 0.1) is 0 Å². The van der Waals surface area contributed by atoms with Crippen LogP contribution in [0.4, 0.5) is 0 Å². The SMILES string of the molecule is CC(N)c1ccc(SCCSc2ccccc2)cc1. The third kappa shape index (κ3) is 4.94. The second kappa shape index (κ2) is 7.63. The molecule has 0 saturated heterocycles. The van der Waals surface area contributed by atoms with Crippen LogP contribution in [-0.2, 0) is 0 Å². The van der Waals surface area contributed by atoms with Crippen molar-refractivity contribution in [1.82, 2.24) is 0 Å². The van der Waals surface area contributed by atoms with Crippen LogP contribution in [0.15, 0.2) is 64.4 Å². The van der Waals surface area contributed by atoms with Gasteiger partial charge >= 0.3 is 0 Å². The molecule has 0 amide bonds. The topological polar surface area (TPSA) is 26.0 Å². The van der Waals surface area contributed by atoms with Crippen LogP contribution in [-0.4, -0.2) is 11.5 Å². The Morgan fingerprint density at radius 3 is 1.89 bits per heavy atom. The normalized spacial score (nSPS) is 12.3. The first-order valence-corrected chi connectivity index (χ1v) is 8.39. The molecule has 1 unspecified atom stereocenters. The van der Waals surface area contributed by atoms with Crippen molar-refractivity contribution in [2.75, 3.05) is 11.5 Å². The molecule has 1 atom stereocenters. The molecule has 19 heavy (non-hydrogen) atoms. The summed E-state index contributed by atoms with van der Waals surface area (Å²) in [5.41, 5.74) is 7.04. The van der Waals surface area contributed by atoms with Crippen LogP contribution in [0.5, 0.6) is 0 Å². The van der Waals surface area contributed by atoms with Gasteiger partial charge in [0.25, 0.3) is 0 Å². The Kier molecular flexibility index (Phi) is 5.83.